The lowest BCUT2D eigenvalue weighted by atomic mass is 10.1. The number of nitrogens with two attached hydrogens (primary N) is 1. The van der Waals surface area contributed by atoms with Gasteiger partial charge in [0.2, 0.25) is 0 Å². The summed E-state index contributed by atoms with van der Waals surface area (Å²) >= 11 is 0. The summed E-state index contributed by atoms with van der Waals surface area (Å²) in [6, 6.07) is 0. The zero-order valence-electron chi connectivity index (χ0n) is 30.9. The Morgan fingerprint density at radius 3 is 1.71 bits per heavy atom. The van der Waals surface area contributed by atoms with Gasteiger partial charge in [0.1, 0.15) is 6.61 Å². The summed E-state index contributed by atoms with van der Waals surface area (Å²) in [7, 11) is -4.38. The smallest absolute Gasteiger partial charge is 0.462 e. The summed E-state index contributed by atoms with van der Waals surface area (Å²) in [5, 5.41) is 0. The highest BCUT2D eigenvalue weighted by molar-refractivity contribution is 7.47. The van der Waals surface area contributed by atoms with E-state index in [2.05, 4.69) is 62.5 Å². The summed E-state index contributed by atoms with van der Waals surface area (Å²) in [6.07, 6.45) is 38.5. The number of phosphoric acid groups is 1. The second kappa shape index (κ2) is 35.8. The molecule has 9 nitrogen and oxygen atoms in total. The van der Waals surface area contributed by atoms with Crippen molar-refractivity contribution in [3.63, 3.8) is 0 Å². The first-order valence-corrected chi connectivity index (χ1v) is 20.6. The van der Waals surface area contributed by atoms with E-state index in [-0.39, 0.29) is 32.6 Å². The van der Waals surface area contributed by atoms with Crippen molar-refractivity contribution in [2.75, 3.05) is 26.4 Å². The molecule has 0 rings (SSSR count). The fourth-order valence-corrected chi connectivity index (χ4v) is 5.64. The van der Waals surface area contributed by atoms with E-state index in [1.54, 1.807) is 0 Å². The van der Waals surface area contributed by atoms with E-state index in [0.717, 1.165) is 77.0 Å². The maximum Gasteiger partial charge on any atom is 0.472 e. The largest absolute Gasteiger partial charge is 0.472 e. The minimum absolute atomic E-state index is 0.0468. The molecule has 3 N–H and O–H groups in total. The first kappa shape index (κ1) is 47.0. The Labute approximate surface area is 298 Å². The lowest BCUT2D eigenvalue weighted by Gasteiger charge is -2.19. The van der Waals surface area contributed by atoms with Crippen LogP contribution in [-0.4, -0.2) is 49.3 Å². The second-order valence-corrected chi connectivity index (χ2v) is 13.9. The molecule has 0 heterocycles. The Bertz CT molecular complexity index is 949. The average Bonchev–Trinajstić information content (AvgIpc) is 3.08. The third-order valence-electron chi connectivity index (χ3n) is 7.70. The molecular formula is C39H70NO8P. The fourth-order valence-electron chi connectivity index (χ4n) is 4.88. The van der Waals surface area contributed by atoms with Gasteiger partial charge in [0, 0.05) is 19.4 Å². The molecule has 0 aliphatic carbocycles. The van der Waals surface area contributed by atoms with E-state index in [0.29, 0.717) is 12.8 Å². The first-order chi connectivity index (χ1) is 23.8. The van der Waals surface area contributed by atoms with Crippen molar-refractivity contribution in [2.45, 2.75) is 161 Å². The molecule has 0 spiro atoms. The van der Waals surface area contributed by atoms with Gasteiger partial charge in [0.15, 0.2) is 6.10 Å². The number of esters is 2. The van der Waals surface area contributed by atoms with Crippen molar-refractivity contribution in [3.05, 3.63) is 48.6 Å². The molecule has 1 unspecified atom stereocenters. The molecular weight excluding hydrogens is 641 g/mol. The normalized spacial score (nSPS) is 14.0. The molecule has 284 valence electrons. The van der Waals surface area contributed by atoms with Crippen molar-refractivity contribution in [2.24, 2.45) is 5.73 Å². The number of hydrogen-bond acceptors (Lipinski definition) is 8. The Balaban J connectivity index is 4.29. The molecule has 49 heavy (non-hydrogen) atoms. The van der Waals surface area contributed by atoms with Gasteiger partial charge >= 0.3 is 19.8 Å². The Hall–Kier alpha value is -2.03. The van der Waals surface area contributed by atoms with E-state index in [9.17, 15) is 19.0 Å². The number of unbranched alkanes of at least 4 members (excludes halogenated alkanes) is 14. The summed E-state index contributed by atoms with van der Waals surface area (Å²) < 4.78 is 32.6. The monoisotopic (exact) mass is 711 g/mol. The second-order valence-electron chi connectivity index (χ2n) is 12.4. The van der Waals surface area contributed by atoms with Gasteiger partial charge in [-0.05, 0) is 70.6 Å². The van der Waals surface area contributed by atoms with Crippen LogP contribution in [0.5, 0.6) is 0 Å². The molecule has 0 aromatic carbocycles. The molecule has 0 aliphatic heterocycles. The predicted octanol–water partition coefficient (Wildman–Crippen LogP) is 10.4. The van der Waals surface area contributed by atoms with Gasteiger partial charge in [-0.3, -0.25) is 18.6 Å². The number of phosphoric ester groups is 1. The Morgan fingerprint density at radius 1 is 0.633 bits per heavy atom. The van der Waals surface area contributed by atoms with E-state index in [1.165, 1.54) is 38.5 Å². The van der Waals surface area contributed by atoms with Crippen molar-refractivity contribution in [1.82, 2.24) is 0 Å². The lowest BCUT2D eigenvalue weighted by molar-refractivity contribution is -0.161. The van der Waals surface area contributed by atoms with Crippen LogP contribution in [0.3, 0.4) is 0 Å². The molecule has 0 amide bonds. The van der Waals surface area contributed by atoms with Gasteiger partial charge in [0.05, 0.1) is 13.2 Å². The number of ether oxygens (including phenoxy) is 2. The first-order valence-electron chi connectivity index (χ1n) is 19.1. The molecule has 0 saturated carbocycles. The van der Waals surface area contributed by atoms with Gasteiger partial charge in [-0.1, -0.05) is 120 Å². The van der Waals surface area contributed by atoms with Crippen LogP contribution in [0.4, 0.5) is 0 Å². The molecule has 0 fully saturated rings. The van der Waals surface area contributed by atoms with Crippen LogP contribution in [-0.2, 0) is 32.7 Å². The van der Waals surface area contributed by atoms with E-state index >= 15 is 0 Å². The van der Waals surface area contributed by atoms with Crippen LogP contribution in [0.25, 0.3) is 0 Å². The van der Waals surface area contributed by atoms with Crippen molar-refractivity contribution in [1.29, 1.82) is 0 Å². The van der Waals surface area contributed by atoms with E-state index < -0.39 is 32.5 Å². The highest BCUT2D eigenvalue weighted by Gasteiger charge is 2.25. The molecule has 10 heteroatoms. The fraction of sp³-hybridized carbons (Fsp3) is 0.744. The molecule has 0 aliphatic rings. The number of carbonyl (C=O) groups excluding carboxylic acids is 2. The maximum atomic E-state index is 12.5. The van der Waals surface area contributed by atoms with Crippen molar-refractivity contribution >= 4 is 19.8 Å². The summed E-state index contributed by atoms with van der Waals surface area (Å²) in [6.45, 7) is 3.55. The zero-order valence-corrected chi connectivity index (χ0v) is 31.8. The maximum absolute atomic E-state index is 12.5. The third-order valence-corrected chi connectivity index (χ3v) is 8.68. The van der Waals surface area contributed by atoms with E-state index in [1.807, 2.05) is 0 Å². The molecule has 0 radical (unpaired) electrons. The number of carbonyl (C=O) groups is 2. The van der Waals surface area contributed by atoms with Crippen LogP contribution < -0.4 is 5.73 Å². The minimum atomic E-state index is -4.38. The van der Waals surface area contributed by atoms with Gasteiger partial charge in [0.25, 0.3) is 0 Å². The standard InChI is InChI=1S/C39H70NO8P/c1-3-5-7-9-11-13-15-17-18-20-22-24-26-28-30-32-39(42)48-37(36-47-49(43,44)46-34-33-40)35-45-38(41)31-29-27-25-23-21-19-16-14-12-10-8-6-4-2/h5,7,11,13,17-19,21,37H,3-4,6,8-10,12,14-16,20,22-36,40H2,1-2H3,(H,43,44)/b7-5+,13-11+,18-17+,21-19+/t37-/m1/s1. The molecule has 2 atom stereocenters. The van der Waals surface area contributed by atoms with Crippen LogP contribution in [0.15, 0.2) is 48.6 Å². The van der Waals surface area contributed by atoms with Gasteiger partial charge < -0.3 is 20.1 Å². The topological polar surface area (TPSA) is 134 Å². The van der Waals surface area contributed by atoms with Gasteiger partial charge in [-0.25, -0.2) is 4.57 Å². The SMILES string of the molecule is CC/C=C/C/C=C/C/C=C/CCCCCCCC(=O)O[C@H](COC(=O)CCCCC/C=C/CCCCCCCC)COP(=O)(O)OCCN. The van der Waals surface area contributed by atoms with Crippen LogP contribution >= 0.6 is 7.82 Å². The Morgan fingerprint density at radius 2 is 1.12 bits per heavy atom. The highest BCUT2D eigenvalue weighted by Crippen LogP contribution is 2.43. The average molecular weight is 712 g/mol. The number of allylic oxidation sites excluding steroid dienone is 8. The van der Waals surface area contributed by atoms with Crippen molar-refractivity contribution < 1.29 is 37.6 Å². The number of hydrogen-bond donors (Lipinski definition) is 2. The van der Waals surface area contributed by atoms with Crippen molar-refractivity contribution in [3.8, 4) is 0 Å². The number of rotatable bonds is 35. The van der Waals surface area contributed by atoms with E-state index in [4.69, 9.17) is 24.3 Å². The lowest BCUT2D eigenvalue weighted by Crippen LogP contribution is -2.29. The quantitative estimate of drug-likeness (QED) is 0.0285. The zero-order chi connectivity index (χ0) is 36.1. The minimum Gasteiger partial charge on any atom is -0.462 e. The van der Waals surface area contributed by atoms with Crippen LogP contribution in [0.1, 0.15) is 155 Å². The molecule has 0 saturated heterocycles. The van der Waals surface area contributed by atoms with Gasteiger partial charge in [-0.15, -0.1) is 0 Å². The summed E-state index contributed by atoms with van der Waals surface area (Å²) in [5.41, 5.74) is 5.33. The van der Waals surface area contributed by atoms with Crippen LogP contribution in [0, 0.1) is 0 Å². The molecule has 0 aromatic rings. The highest BCUT2D eigenvalue weighted by atomic mass is 31.2. The third kappa shape index (κ3) is 35.6. The van der Waals surface area contributed by atoms with Gasteiger partial charge in [-0.2, -0.15) is 0 Å². The van der Waals surface area contributed by atoms with Crippen LogP contribution in [0.2, 0.25) is 0 Å². The molecule has 0 aromatic heterocycles. The summed E-state index contributed by atoms with van der Waals surface area (Å²) in [5.74, 6) is -0.872. The summed E-state index contributed by atoms with van der Waals surface area (Å²) in [4.78, 5) is 34.7. The predicted molar refractivity (Wildman–Crippen MR) is 201 cm³/mol. The Kier molecular flexibility index (Phi) is 34.3. The molecule has 0 bridgehead atoms.